The molecular weight excluding hydrogens is 214 g/mol. The summed E-state index contributed by atoms with van der Waals surface area (Å²) in [5.41, 5.74) is 6.72. The van der Waals surface area contributed by atoms with E-state index in [1.54, 1.807) is 0 Å². The van der Waals surface area contributed by atoms with Crippen LogP contribution in [0.3, 0.4) is 0 Å². The van der Waals surface area contributed by atoms with E-state index in [0.717, 1.165) is 0 Å². The van der Waals surface area contributed by atoms with E-state index in [2.05, 4.69) is 10.0 Å². The lowest BCUT2D eigenvalue weighted by molar-refractivity contribution is -0.137. The van der Waals surface area contributed by atoms with Gasteiger partial charge in [0.25, 0.3) is 0 Å². The van der Waals surface area contributed by atoms with Crippen molar-refractivity contribution in [3.8, 4) is 0 Å². The summed E-state index contributed by atoms with van der Waals surface area (Å²) in [7, 11) is 0. The van der Waals surface area contributed by atoms with Crippen molar-refractivity contribution in [3.63, 3.8) is 0 Å². The summed E-state index contributed by atoms with van der Waals surface area (Å²) in [6, 6.07) is 1.96. The summed E-state index contributed by atoms with van der Waals surface area (Å²) in [4.78, 5) is 2.34. The van der Waals surface area contributed by atoms with Crippen molar-refractivity contribution in [1.29, 1.82) is 0 Å². The molecular formula is C8H5F4N3. The van der Waals surface area contributed by atoms with Crippen LogP contribution in [-0.4, -0.2) is 0 Å². The van der Waals surface area contributed by atoms with Crippen LogP contribution < -0.4 is 0 Å². The molecule has 0 saturated carbocycles. The molecule has 0 atom stereocenters. The van der Waals surface area contributed by atoms with Gasteiger partial charge in [-0.2, -0.15) is 13.2 Å². The number of benzene rings is 1. The van der Waals surface area contributed by atoms with Crippen LogP contribution >= 0.6 is 0 Å². The van der Waals surface area contributed by atoms with E-state index in [0.29, 0.717) is 18.2 Å². The zero-order valence-electron chi connectivity index (χ0n) is 7.29. The third-order valence-corrected chi connectivity index (χ3v) is 1.68. The van der Waals surface area contributed by atoms with Crippen molar-refractivity contribution in [2.24, 2.45) is 5.11 Å². The third-order valence-electron chi connectivity index (χ3n) is 1.68. The van der Waals surface area contributed by atoms with Gasteiger partial charge in [-0.1, -0.05) is 5.11 Å². The highest BCUT2D eigenvalue weighted by Crippen LogP contribution is 2.30. The second-order valence-electron chi connectivity index (χ2n) is 2.69. The quantitative estimate of drug-likeness (QED) is 0.315. The lowest BCUT2D eigenvalue weighted by atomic mass is 10.1. The lowest BCUT2D eigenvalue weighted by Gasteiger charge is -2.08. The minimum atomic E-state index is -4.53. The molecule has 7 heteroatoms. The number of nitrogens with zero attached hydrogens (tertiary/aromatic N) is 3. The lowest BCUT2D eigenvalue weighted by Crippen LogP contribution is -2.06. The van der Waals surface area contributed by atoms with E-state index in [1.807, 2.05) is 0 Å². The van der Waals surface area contributed by atoms with Gasteiger partial charge in [-0.3, -0.25) is 0 Å². The van der Waals surface area contributed by atoms with Crippen molar-refractivity contribution in [1.82, 2.24) is 0 Å². The smallest absolute Gasteiger partial charge is 0.207 e. The van der Waals surface area contributed by atoms with Gasteiger partial charge in [-0.05, 0) is 29.3 Å². The maximum atomic E-state index is 12.9. The van der Waals surface area contributed by atoms with Crippen molar-refractivity contribution in [2.45, 2.75) is 12.7 Å². The second kappa shape index (κ2) is 4.18. The van der Waals surface area contributed by atoms with Crippen LogP contribution in [0.1, 0.15) is 11.1 Å². The maximum absolute atomic E-state index is 12.9. The molecule has 15 heavy (non-hydrogen) atoms. The maximum Gasteiger partial charge on any atom is 0.416 e. The number of alkyl halides is 3. The molecule has 1 aromatic carbocycles. The summed E-state index contributed by atoms with van der Waals surface area (Å²) in [5.74, 6) is -0.824. The van der Waals surface area contributed by atoms with Crippen LogP contribution in [0, 0.1) is 5.82 Å². The number of halogens is 4. The number of hydrogen-bond acceptors (Lipinski definition) is 1. The molecule has 0 aliphatic rings. The van der Waals surface area contributed by atoms with Gasteiger partial charge in [-0.25, -0.2) is 4.39 Å². The van der Waals surface area contributed by atoms with E-state index >= 15 is 0 Å². The minimum Gasteiger partial charge on any atom is -0.207 e. The summed E-state index contributed by atoms with van der Waals surface area (Å²) in [6.07, 6.45) is -4.53. The fourth-order valence-corrected chi connectivity index (χ4v) is 0.980. The highest BCUT2D eigenvalue weighted by Gasteiger charge is 2.30. The van der Waals surface area contributed by atoms with E-state index in [1.165, 1.54) is 0 Å². The summed E-state index contributed by atoms with van der Waals surface area (Å²) in [6.45, 7) is -0.438. The number of azide groups is 1. The summed E-state index contributed by atoms with van der Waals surface area (Å²) < 4.78 is 49.5. The van der Waals surface area contributed by atoms with E-state index in [9.17, 15) is 17.6 Å². The monoisotopic (exact) mass is 219 g/mol. The average Bonchev–Trinajstić information content (AvgIpc) is 2.15. The van der Waals surface area contributed by atoms with Gasteiger partial charge in [0.15, 0.2) is 0 Å². The second-order valence-corrected chi connectivity index (χ2v) is 2.69. The van der Waals surface area contributed by atoms with Crippen molar-refractivity contribution in [2.75, 3.05) is 0 Å². The Labute approximate surface area is 82.0 Å². The Morgan fingerprint density at radius 3 is 2.53 bits per heavy atom. The standard InChI is InChI=1S/C8H5F4N3/c9-7-2-1-6(8(10,11)12)3-5(7)4-14-15-13/h1-3H,4H2. The van der Waals surface area contributed by atoms with Gasteiger partial charge in [0.2, 0.25) is 0 Å². The number of rotatable bonds is 2. The molecule has 0 bridgehead atoms. The van der Waals surface area contributed by atoms with Crippen LogP contribution in [-0.2, 0) is 12.7 Å². The van der Waals surface area contributed by atoms with Gasteiger partial charge < -0.3 is 0 Å². The van der Waals surface area contributed by atoms with E-state index in [4.69, 9.17) is 5.53 Å². The fourth-order valence-electron chi connectivity index (χ4n) is 0.980. The SMILES string of the molecule is [N-]=[N+]=NCc1cc(C(F)(F)F)ccc1F. The molecule has 0 heterocycles. The van der Waals surface area contributed by atoms with Gasteiger partial charge in [0.05, 0.1) is 12.1 Å². The Morgan fingerprint density at radius 1 is 1.33 bits per heavy atom. The molecule has 0 fully saturated rings. The zero-order valence-corrected chi connectivity index (χ0v) is 7.29. The van der Waals surface area contributed by atoms with Crippen LogP contribution in [0.15, 0.2) is 23.3 Å². The minimum absolute atomic E-state index is 0.275. The molecule has 3 nitrogen and oxygen atoms in total. The van der Waals surface area contributed by atoms with Crippen molar-refractivity contribution >= 4 is 0 Å². The Morgan fingerprint density at radius 2 is 2.00 bits per heavy atom. The largest absolute Gasteiger partial charge is 0.416 e. The summed E-state index contributed by atoms with van der Waals surface area (Å²) >= 11 is 0. The molecule has 0 amide bonds. The molecule has 0 aliphatic heterocycles. The van der Waals surface area contributed by atoms with Crippen molar-refractivity contribution < 1.29 is 17.6 Å². The Kier molecular flexibility index (Phi) is 3.16. The molecule has 0 aliphatic carbocycles. The van der Waals surface area contributed by atoms with E-state index < -0.39 is 24.1 Å². The summed E-state index contributed by atoms with van der Waals surface area (Å²) in [5, 5.41) is 3.00. The van der Waals surface area contributed by atoms with Gasteiger partial charge in [0.1, 0.15) is 5.82 Å². The fraction of sp³-hybridized carbons (Fsp3) is 0.250. The first-order valence-corrected chi connectivity index (χ1v) is 3.81. The molecule has 1 aromatic rings. The van der Waals surface area contributed by atoms with Crippen LogP contribution in [0.2, 0.25) is 0 Å². The Bertz CT molecular complexity index is 407. The topological polar surface area (TPSA) is 48.8 Å². The van der Waals surface area contributed by atoms with Crippen molar-refractivity contribution in [3.05, 3.63) is 45.6 Å². The van der Waals surface area contributed by atoms with E-state index in [-0.39, 0.29) is 5.56 Å². The third kappa shape index (κ3) is 2.85. The normalized spacial score (nSPS) is 10.9. The zero-order chi connectivity index (χ0) is 11.5. The predicted molar refractivity (Wildman–Crippen MR) is 44.3 cm³/mol. The van der Waals surface area contributed by atoms with Crippen LogP contribution in [0.4, 0.5) is 17.6 Å². The molecule has 0 spiro atoms. The molecule has 0 radical (unpaired) electrons. The first kappa shape index (κ1) is 11.3. The molecule has 0 unspecified atom stereocenters. The first-order valence-electron chi connectivity index (χ1n) is 3.81. The van der Waals surface area contributed by atoms with Gasteiger partial charge in [0, 0.05) is 4.91 Å². The molecule has 0 N–H and O–H groups in total. The predicted octanol–water partition coefficient (Wildman–Crippen LogP) is 3.65. The average molecular weight is 219 g/mol. The molecule has 1 rings (SSSR count). The van der Waals surface area contributed by atoms with Gasteiger partial charge >= 0.3 is 6.18 Å². The molecule has 0 saturated heterocycles. The van der Waals surface area contributed by atoms with Gasteiger partial charge in [-0.15, -0.1) is 0 Å². The Balaban J connectivity index is 3.10. The van der Waals surface area contributed by atoms with Crippen LogP contribution in [0.5, 0.6) is 0 Å². The first-order chi connectivity index (χ1) is 6.95. The highest BCUT2D eigenvalue weighted by molar-refractivity contribution is 5.27. The molecule has 0 aromatic heterocycles. The Hall–Kier alpha value is -1.75. The molecule has 80 valence electrons. The highest BCUT2D eigenvalue weighted by atomic mass is 19.4. The van der Waals surface area contributed by atoms with Crippen LogP contribution in [0.25, 0.3) is 10.4 Å². The number of hydrogen-bond donors (Lipinski definition) is 0.